The van der Waals surface area contributed by atoms with Crippen molar-refractivity contribution in [2.45, 2.75) is 25.6 Å². The monoisotopic (exact) mass is 520 g/mol. The Morgan fingerprint density at radius 3 is 2.47 bits per heavy atom. The van der Waals surface area contributed by atoms with Gasteiger partial charge in [-0.05, 0) is 19.9 Å². The fraction of sp³-hybridized carbons (Fsp3) is 0.417. The van der Waals surface area contributed by atoms with Gasteiger partial charge in [-0.25, -0.2) is 34.1 Å². The molecule has 1 N–H and O–H groups in total. The molecule has 2 aliphatic rings. The van der Waals surface area contributed by atoms with Crippen molar-refractivity contribution >= 4 is 28.8 Å². The van der Waals surface area contributed by atoms with Crippen LogP contribution in [-0.4, -0.2) is 63.3 Å². The third kappa shape index (κ3) is 3.58. The first-order chi connectivity index (χ1) is 18.1. The van der Waals surface area contributed by atoms with Gasteiger partial charge in [0.2, 0.25) is 11.9 Å². The number of fused-ring (bicyclic) bond motifs is 2. The lowest BCUT2D eigenvalue weighted by Gasteiger charge is -2.20. The van der Waals surface area contributed by atoms with Crippen molar-refractivity contribution < 1.29 is 9.18 Å². The van der Waals surface area contributed by atoms with Crippen molar-refractivity contribution in [2.24, 2.45) is 25.9 Å². The summed E-state index contributed by atoms with van der Waals surface area (Å²) in [4.78, 5) is 61.6. The Balaban J connectivity index is 1.19. The second-order valence-corrected chi connectivity index (χ2v) is 10.0. The van der Waals surface area contributed by atoms with Crippen molar-refractivity contribution in [3.8, 4) is 11.4 Å². The highest BCUT2D eigenvalue weighted by Gasteiger charge is 2.67. The van der Waals surface area contributed by atoms with E-state index in [0.29, 0.717) is 30.4 Å². The minimum absolute atomic E-state index is 0.0343. The number of imidazole rings is 1. The van der Waals surface area contributed by atoms with Gasteiger partial charge in [-0.3, -0.25) is 18.7 Å². The summed E-state index contributed by atoms with van der Waals surface area (Å²) in [6, 6.07) is 0.715. The van der Waals surface area contributed by atoms with Crippen LogP contribution in [0.25, 0.3) is 22.6 Å². The van der Waals surface area contributed by atoms with E-state index in [-0.39, 0.29) is 28.8 Å². The lowest BCUT2D eigenvalue weighted by Crippen LogP contribution is -2.38. The summed E-state index contributed by atoms with van der Waals surface area (Å²) in [5, 5.41) is 2.74. The van der Waals surface area contributed by atoms with E-state index in [4.69, 9.17) is 0 Å². The van der Waals surface area contributed by atoms with Crippen LogP contribution in [0.4, 0.5) is 16.2 Å². The van der Waals surface area contributed by atoms with Gasteiger partial charge in [0.05, 0.1) is 11.9 Å². The second-order valence-electron chi connectivity index (χ2n) is 10.0. The topological polar surface area (TPSA) is 146 Å². The number of piperidine rings is 1. The lowest BCUT2D eigenvalue weighted by atomic mass is 10.2. The smallest absolute Gasteiger partial charge is 0.332 e. The summed E-state index contributed by atoms with van der Waals surface area (Å²) < 4.78 is 17.8. The second kappa shape index (κ2) is 8.26. The molecule has 1 aliphatic carbocycles. The van der Waals surface area contributed by atoms with Crippen LogP contribution < -0.4 is 21.5 Å². The third-order valence-corrected chi connectivity index (χ3v) is 7.72. The summed E-state index contributed by atoms with van der Waals surface area (Å²) in [5.41, 5.74) is -1.24. The zero-order valence-corrected chi connectivity index (χ0v) is 21.2. The molecule has 2 fully saturated rings. The number of amides is 1. The molecule has 6 rings (SSSR count). The van der Waals surface area contributed by atoms with Gasteiger partial charge in [0.1, 0.15) is 17.5 Å². The van der Waals surface area contributed by atoms with Crippen molar-refractivity contribution in [2.75, 3.05) is 23.3 Å². The van der Waals surface area contributed by atoms with Gasteiger partial charge in [-0.15, -0.1) is 0 Å². The number of alkyl halides is 1. The van der Waals surface area contributed by atoms with E-state index in [0.717, 1.165) is 4.57 Å². The van der Waals surface area contributed by atoms with Crippen LogP contribution in [0.1, 0.15) is 19.9 Å². The molecule has 1 aliphatic heterocycles. The Kier molecular flexibility index (Phi) is 5.19. The van der Waals surface area contributed by atoms with Gasteiger partial charge >= 0.3 is 5.69 Å². The molecule has 0 bridgehead atoms. The van der Waals surface area contributed by atoms with Crippen molar-refractivity contribution in [1.29, 1.82) is 0 Å². The molecule has 196 valence electrons. The molecule has 1 saturated carbocycles. The lowest BCUT2D eigenvalue weighted by molar-refractivity contribution is -0.118. The molecule has 38 heavy (non-hydrogen) atoms. The van der Waals surface area contributed by atoms with Crippen LogP contribution in [0, 0.1) is 11.8 Å². The number of halogens is 1. The Labute approximate surface area is 215 Å². The average molecular weight is 521 g/mol. The predicted molar refractivity (Wildman–Crippen MR) is 135 cm³/mol. The van der Waals surface area contributed by atoms with E-state index in [2.05, 4.69) is 30.2 Å². The number of nitrogens with one attached hydrogen (secondary N) is 1. The molecule has 0 aromatic carbocycles. The number of aromatic nitrogens is 8. The molecule has 1 amide bonds. The van der Waals surface area contributed by atoms with Crippen LogP contribution in [0.15, 0.2) is 40.6 Å². The van der Waals surface area contributed by atoms with Crippen LogP contribution in [0.3, 0.4) is 0 Å². The number of nitrogens with zero attached hydrogens (tertiary/aromatic N) is 9. The summed E-state index contributed by atoms with van der Waals surface area (Å²) in [6.45, 7) is 4.46. The highest BCUT2D eigenvalue weighted by Crippen LogP contribution is 2.58. The van der Waals surface area contributed by atoms with E-state index in [1.54, 1.807) is 32.3 Å². The molecule has 13 nitrogen and oxygen atoms in total. The van der Waals surface area contributed by atoms with Gasteiger partial charge in [-0.1, -0.05) is 0 Å². The molecule has 5 heterocycles. The number of rotatable bonds is 5. The highest BCUT2D eigenvalue weighted by atomic mass is 19.1. The number of carbonyl (C=O) groups is 1. The minimum Gasteiger partial charge on any atom is -0.340 e. The average Bonchev–Trinajstić information content (AvgIpc) is 3.34. The SMILES string of the molecule is C[C@@H](C(=O)Nc1ccnc(-c2cnc(N3CC4C(C3)C4(C)F)nc2)n1)n1cnc2c1c(=O)n(C)c(=O)n2C. The third-order valence-electron chi connectivity index (χ3n) is 7.72. The Morgan fingerprint density at radius 1 is 1.11 bits per heavy atom. The van der Waals surface area contributed by atoms with Gasteiger partial charge in [-0.2, -0.15) is 0 Å². The Morgan fingerprint density at radius 2 is 1.79 bits per heavy atom. The highest BCUT2D eigenvalue weighted by molar-refractivity contribution is 5.93. The van der Waals surface area contributed by atoms with Crippen molar-refractivity contribution in [3.63, 3.8) is 0 Å². The molecule has 0 spiro atoms. The number of carbonyl (C=O) groups excluding carboxylic acids is 1. The van der Waals surface area contributed by atoms with Gasteiger partial charge in [0, 0.05) is 57.6 Å². The minimum atomic E-state index is -1.08. The molecule has 14 heteroatoms. The Hall–Kier alpha value is -4.49. The Bertz CT molecular complexity index is 1690. The number of hydrogen-bond donors (Lipinski definition) is 1. The normalized spacial score (nSPS) is 22.9. The van der Waals surface area contributed by atoms with Crippen molar-refractivity contribution in [3.05, 3.63) is 51.8 Å². The molecule has 1 saturated heterocycles. The fourth-order valence-corrected chi connectivity index (χ4v) is 5.17. The zero-order chi connectivity index (χ0) is 26.9. The van der Waals surface area contributed by atoms with E-state index < -0.39 is 28.9 Å². The first-order valence-electron chi connectivity index (χ1n) is 12.1. The van der Waals surface area contributed by atoms with E-state index in [9.17, 15) is 18.8 Å². The van der Waals surface area contributed by atoms with Crippen molar-refractivity contribution in [1.82, 2.24) is 38.6 Å². The maximum Gasteiger partial charge on any atom is 0.332 e. The molecular formula is C24H25FN10O3. The molecule has 0 radical (unpaired) electrons. The first kappa shape index (κ1) is 23.9. The standard InChI is InChI=1S/C24H25FN10O3/c1-12(35-11-29-19-17(35)21(37)33(4)23(38)32(19)3)20(36)31-16-5-6-26-18(30-16)13-7-27-22(28-8-13)34-9-14-15(10-34)24(14,2)25/h5-8,11-12,14-15H,9-10H2,1-4H3,(H,26,30,31,36)/t12-,14?,15?,24?/m0/s1. The molecule has 3 atom stereocenters. The largest absolute Gasteiger partial charge is 0.340 e. The number of anilines is 2. The van der Waals surface area contributed by atoms with Gasteiger partial charge in [0.25, 0.3) is 5.56 Å². The summed E-state index contributed by atoms with van der Waals surface area (Å²) in [7, 11) is 2.88. The van der Waals surface area contributed by atoms with E-state index >= 15 is 0 Å². The molecular weight excluding hydrogens is 495 g/mol. The maximum absolute atomic E-state index is 14.1. The number of hydrogen-bond acceptors (Lipinski definition) is 9. The fourth-order valence-electron chi connectivity index (χ4n) is 5.17. The van der Waals surface area contributed by atoms with Crippen LogP contribution in [0.2, 0.25) is 0 Å². The first-order valence-corrected chi connectivity index (χ1v) is 12.1. The molecule has 2 unspecified atom stereocenters. The molecule has 4 aromatic rings. The van der Waals surface area contributed by atoms with Crippen LogP contribution >= 0.6 is 0 Å². The quantitative estimate of drug-likeness (QED) is 0.401. The van der Waals surface area contributed by atoms with Gasteiger partial charge < -0.3 is 14.8 Å². The summed E-state index contributed by atoms with van der Waals surface area (Å²) in [6.07, 6.45) is 6.06. The van der Waals surface area contributed by atoms with Crippen LogP contribution in [0.5, 0.6) is 0 Å². The van der Waals surface area contributed by atoms with Gasteiger partial charge in [0.15, 0.2) is 17.0 Å². The van der Waals surface area contributed by atoms with E-state index in [1.807, 2.05) is 4.90 Å². The summed E-state index contributed by atoms with van der Waals surface area (Å²) >= 11 is 0. The number of aryl methyl sites for hydroxylation is 1. The summed E-state index contributed by atoms with van der Waals surface area (Å²) in [5.74, 6) is 0.733. The van der Waals surface area contributed by atoms with E-state index in [1.165, 1.54) is 35.8 Å². The zero-order valence-electron chi connectivity index (χ0n) is 21.2. The predicted octanol–water partition coefficient (Wildman–Crippen LogP) is 0.675. The maximum atomic E-state index is 14.1. The van der Waals surface area contributed by atoms with Crippen LogP contribution in [-0.2, 0) is 18.9 Å². The molecule has 4 aromatic heterocycles.